The summed E-state index contributed by atoms with van der Waals surface area (Å²) in [6.07, 6.45) is 0. The monoisotopic (exact) mass is 194 g/mol. The smallest absolute Gasteiger partial charge is 0.870 e. The zero-order valence-corrected chi connectivity index (χ0v) is 5.97. The first-order chi connectivity index (χ1) is 0. The van der Waals surface area contributed by atoms with Crippen LogP contribution in [0.15, 0.2) is 0 Å². The van der Waals surface area contributed by atoms with Crippen molar-refractivity contribution >= 4 is 12.4 Å². The topological polar surface area (TPSA) is 120 Å². The molecule has 0 atom stereocenters. The summed E-state index contributed by atoms with van der Waals surface area (Å²) in [4.78, 5) is 0. The molecule has 0 saturated heterocycles. The van der Waals surface area contributed by atoms with Gasteiger partial charge in [-0.3, -0.25) is 0 Å². The Balaban J connectivity index is 0. The van der Waals surface area contributed by atoms with Crippen molar-refractivity contribution in [3.63, 3.8) is 0 Å². The third kappa shape index (κ3) is 78.7. The third-order valence-corrected chi connectivity index (χ3v) is 0. The van der Waals surface area contributed by atoms with E-state index in [1.54, 1.807) is 0 Å². The average molecular weight is 196 g/mol. The van der Waals surface area contributed by atoms with Crippen molar-refractivity contribution in [3.05, 3.63) is 0 Å². The van der Waals surface area contributed by atoms with Gasteiger partial charge in [-0.25, -0.2) is 0 Å². The van der Waals surface area contributed by atoms with Crippen molar-refractivity contribution in [2.45, 2.75) is 0 Å². The molecule has 0 spiro atoms. The van der Waals surface area contributed by atoms with Gasteiger partial charge in [0.1, 0.15) is 0 Å². The normalized spacial score (nSPS) is 0. The van der Waals surface area contributed by atoms with Crippen LogP contribution in [0, 0.1) is 0 Å². The SMILES string of the molecule is Cl.[OH-].[OH-].[OH-].[OH-].[Zr+4]. The van der Waals surface area contributed by atoms with Gasteiger partial charge in [0.2, 0.25) is 0 Å². The minimum absolute atomic E-state index is 0. The van der Waals surface area contributed by atoms with E-state index in [2.05, 4.69) is 0 Å². The van der Waals surface area contributed by atoms with Crippen molar-refractivity contribution in [3.8, 4) is 0 Å². The van der Waals surface area contributed by atoms with Crippen LogP contribution in [0.3, 0.4) is 0 Å². The van der Waals surface area contributed by atoms with E-state index in [1.165, 1.54) is 0 Å². The number of halogens is 1. The van der Waals surface area contributed by atoms with E-state index in [0.29, 0.717) is 0 Å². The van der Waals surface area contributed by atoms with Gasteiger partial charge in [-0.15, -0.1) is 12.4 Å². The molecule has 0 radical (unpaired) electrons. The fourth-order valence-electron chi connectivity index (χ4n) is 0. The molecule has 6 heteroatoms. The standard InChI is InChI=1S/ClH.4H2O.Zr/h1H;4*1H2;/q;;;;;+4/p-4. The van der Waals surface area contributed by atoms with Crippen LogP contribution in [0.1, 0.15) is 0 Å². The minimum atomic E-state index is 0. The van der Waals surface area contributed by atoms with Gasteiger partial charge in [-0.2, -0.15) is 0 Å². The van der Waals surface area contributed by atoms with Crippen molar-refractivity contribution < 1.29 is 48.1 Å². The van der Waals surface area contributed by atoms with Crippen molar-refractivity contribution in [1.29, 1.82) is 0 Å². The van der Waals surface area contributed by atoms with Gasteiger partial charge in [-0.05, 0) is 0 Å². The first kappa shape index (κ1) is 247. The van der Waals surface area contributed by atoms with E-state index in [1.807, 2.05) is 0 Å². The van der Waals surface area contributed by atoms with E-state index in [4.69, 9.17) is 0 Å². The molecule has 0 bridgehead atoms. The van der Waals surface area contributed by atoms with Crippen molar-refractivity contribution in [1.82, 2.24) is 0 Å². The quantitative estimate of drug-likeness (QED) is 0.527. The Morgan fingerprint density at radius 3 is 0.500 bits per heavy atom. The third-order valence-electron chi connectivity index (χ3n) is 0. The molecule has 0 aliphatic rings. The Morgan fingerprint density at radius 1 is 0.500 bits per heavy atom. The van der Waals surface area contributed by atoms with E-state index in [0.717, 1.165) is 0 Å². The zero-order valence-electron chi connectivity index (χ0n) is 2.70. The molecule has 4 N–H and O–H groups in total. The second-order valence-corrected chi connectivity index (χ2v) is 0. The summed E-state index contributed by atoms with van der Waals surface area (Å²) < 4.78 is 0. The summed E-state index contributed by atoms with van der Waals surface area (Å²) in [6.45, 7) is 0. The minimum Gasteiger partial charge on any atom is -0.870 e. The van der Waals surface area contributed by atoms with E-state index in [9.17, 15) is 0 Å². The molecule has 0 unspecified atom stereocenters. The maximum atomic E-state index is 0. The van der Waals surface area contributed by atoms with Crippen LogP contribution in [-0.4, -0.2) is 21.9 Å². The largest absolute Gasteiger partial charge is 4.00 e. The fourth-order valence-corrected chi connectivity index (χ4v) is 0. The summed E-state index contributed by atoms with van der Waals surface area (Å²) in [5.41, 5.74) is 0. The van der Waals surface area contributed by atoms with Gasteiger partial charge in [0.05, 0.1) is 0 Å². The molecule has 0 aromatic heterocycles. The molecule has 0 aliphatic carbocycles. The number of hydrogen-bond acceptors (Lipinski definition) is 4. The molecule has 4 nitrogen and oxygen atoms in total. The molecule has 0 rings (SSSR count). The van der Waals surface area contributed by atoms with Gasteiger partial charge < -0.3 is 21.9 Å². The molecule has 0 heterocycles. The Bertz CT molecular complexity index is 7.51. The van der Waals surface area contributed by atoms with Crippen molar-refractivity contribution in [2.75, 3.05) is 0 Å². The van der Waals surface area contributed by atoms with Crippen LogP contribution < -0.4 is 0 Å². The van der Waals surface area contributed by atoms with Crippen LogP contribution in [0.25, 0.3) is 0 Å². The molecular formula is H5ClO4Zr. The van der Waals surface area contributed by atoms with Gasteiger partial charge in [0.15, 0.2) is 0 Å². The second-order valence-electron chi connectivity index (χ2n) is 0. The molecule has 0 amide bonds. The summed E-state index contributed by atoms with van der Waals surface area (Å²) in [7, 11) is 0. The first-order valence-corrected chi connectivity index (χ1v) is 0. The molecule has 0 fully saturated rings. The summed E-state index contributed by atoms with van der Waals surface area (Å²) in [5.74, 6) is 0. The van der Waals surface area contributed by atoms with E-state index >= 15 is 0 Å². The van der Waals surface area contributed by atoms with Gasteiger partial charge in [0.25, 0.3) is 0 Å². The maximum Gasteiger partial charge on any atom is 4.00 e. The number of hydrogen-bond donors (Lipinski definition) is 0. The van der Waals surface area contributed by atoms with Crippen LogP contribution in [0.4, 0.5) is 0 Å². The Morgan fingerprint density at radius 2 is 0.500 bits per heavy atom. The van der Waals surface area contributed by atoms with Crippen LogP contribution in [0.2, 0.25) is 0 Å². The van der Waals surface area contributed by atoms with Gasteiger partial charge in [-0.1, -0.05) is 0 Å². The summed E-state index contributed by atoms with van der Waals surface area (Å²) in [6, 6.07) is 0. The van der Waals surface area contributed by atoms with E-state index in [-0.39, 0.29) is 60.5 Å². The Hall–Kier alpha value is 1.01. The summed E-state index contributed by atoms with van der Waals surface area (Å²) >= 11 is 0. The summed E-state index contributed by atoms with van der Waals surface area (Å²) in [5, 5.41) is 0. The van der Waals surface area contributed by atoms with Crippen LogP contribution in [0.5, 0.6) is 0 Å². The zero-order chi connectivity index (χ0) is 0. The predicted molar refractivity (Wildman–Crippen MR) is 15.0 cm³/mol. The van der Waals surface area contributed by atoms with Crippen LogP contribution >= 0.6 is 12.4 Å². The molecular weight excluding hydrogens is 191 g/mol. The average Bonchev–Trinajstić information content (AvgIpc) is 0. The molecule has 0 aromatic rings. The molecule has 0 aromatic carbocycles. The predicted octanol–water partition coefficient (Wildman–Crippen LogP) is -0.288. The molecule has 40 valence electrons. The molecule has 0 aliphatic heterocycles. The van der Waals surface area contributed by atoms with Crippen molar-refractivity contribution in [2.24, 2.45) is 0 Å². The van der Waals surface area contributed by atoms with Crippen LogP contribution in [-0.2, 0) is 26.2 Å². The molecule has 6 heavy (non-hydrogen) atoms. The van der Waals surface area contributed by atoms with E-state index < -0.39 is 0 Å². The van der Waals surface area contributed by atoms with Gasteiger partial charge in [0, 0.05) is 0 Å². The Labute approximate surface area is 60.7 Å². The van der Waals surface area contributed by atoms with Gasteiger partial charge >= 0.3 is 26.2 Å². The number of rotatable bonds is 0. The maximum absolute atomic E-state index is 0. The fraction of sp³-hybridized carbons (Fsp3) is 0. The first-order valence-electron chi connectivity index (χ1n) is 0. The Kier molecular flexibility index (Phi) is 6060. The second kappa shape index (κ2) is 147. The molecule has 0 saturated carbocycles.